The molecule has 1 aliphatic rings. The Kier molecular flexibility index (Phi) is 7.13. The van der Waals surface area contributed by atoms with Gasteiger partial charge in [0.2, 0.25) is 0 Å². The lowest BCUT2D eigenvalue weighted by Crippen LogP contribution is -1.98. The number of hydrogen-bond acceptors (Lipinski definition) is 0. The van der Waals surface area contributed by atoms with Crippen molar-refractivity contribution in [3.63, 3.8) is 0 Å². The Morgan fingerprint density at radius 1 is 0.867 bits per heavy atom. The highest BCUT2D eigenvalue weighted by Gasteiger charge is 2.11. The lowest BCUT2D eigenvalue weighted by Gasteiger charge is -2.13. The zero-order chi connectivity index (χ0) is 10.9. The lowest BCUT2D eigenvalue weighted by atomic mass is 9.93. The smallest absolute Gasteiger partial charge is 0.0414 e. The van der Waals surface area contributed by atoms with Gasteiger partial charge in [-0.2, -0.15) is 0 Å². The first-order valence-electron chi connectivity index (χ1n) is 7.29. The van der Waals surface area contributed by atoms with Crippen molar-refractivity contribution < 1.29 is 0 Å². The second-order valence-electron chi connectivity index (χ2n) is 5.89. The van der Waals surface area contributed by atoms with Crippen LogP contribution >= 0.6 is 0 Å². The third kappa shape index (κ3) is 6.98. The molecule has 1 fully saturated rings. The molecule has 1 saturated carbocycles. The van der Waals surface area contributed by atoms with Crippen LogP contribution in [0.5, 0.6) is 0 Å². The second-order valence-corrected chi connectivity index (χ2v) is 5.89. The molecule has 0 aliphatic heterocycles. The molecule has 90 valence electrons. The minimum Gasteiger partial charge on any atom is -0.0628 e. The monoisotopic (exact) mass is 210 g/mol. The van der Waals surface area contributed by atoms with E-state index in [9.17, 15) is 0 Å². The van der Waals surface area contributed by atoms with Crippen molar-refractivity contribution in [3.05, 3.63) is 0 Å². The SMILES string of the molecule is CC(C)CCCCCC1CCCCCC1. The lowest BCUT2D eigenvalue weighted by molar-refractivity contribution is 0.400. The summed E-state index contributed by atoms with van der Waals surface area (Å²) in [5.41, 5.74) is 0. The van der Waals surface area contributed by atoms with Crippen LogP contribution in [0.15, 0.2) is 0 Å². The van der Waals surface area contributed by atoms with E-state index in [1.807, 2.05) is 0 Å². The van der Waals surface area contributed by atoms with Crippen LogP contribution in [0.25, 0.3) is 0 Å². The van der Waals surface area contributed by atoms with E-state index in [0.717, 1.165) is 11.8 Å². The summed E-state index contributed by atoms with van der Waals surface area (Å²) in [5.74, 6) is 1.99. The molecule has 0 N–H and O–H groups in total. The molecule has 0 spiro atoms. The zero-order valence-corrected chi connectivity index (χ0v) is 10.9. The minimum atomic E-state index is 0.905. The summed E-state index contributed by atoms with van der Waals surface area (Å²) < 4.78 is 0. The predicted molar refractivity (Wildman–Crippen MR) is 69.1 cm³/mol. The van der Waals surface area contributed by atoms with Gasteiger partial charge in [0.15, 0.2) is 0 Å². The molecular weight excluding hydrogens is 180 g/mol. The largest absolute Gasteiger partial charge is 0.0628 e. The molecule has 0 heteroatoms. The minimum absolute atomic E-state index is 0.905. The molecule has 0 amide bonds. The van der Waals surface area contributed by atoms with E-state index < -0.39 is 0 Å². The first kappa shape index (κ1) is 13.1. The molecule has 1 rings (SSSR count). The van der Waals surface area contributed by atoms with Crippen molar-refractivity contribution >= 4 is 0 Å². The summed E-state index contributed by atoms with van der Waals surface area (Å²) in [4.78, 5) is 0. The Labute approximate surface area is 96.8 Å². The van der Waals surface area contributed by atoms with Crippen molar-refractivity contribution in [2.24, 2.45) is 11.8 Å². The van der Waals surface area contributed by atoms with Crippen LogP contribution < -0.4 is 0 Å². The maximum absolute atomic E-state index is 2.34. The molecule has 0 nitrogen and oxygen atoms in total. The van der Waals surface area contributed by atoms with Gasteiger partial charge in [0.1, 0.15) is 0 Å². The summed E-state index contributed by atoms with van der Waals surface area (Å²) in [6.45, 7) is 4.68. The van der Waals surface area contributed by atoms with Crippen LogP contribution in [0.1, 0.15) is 84.5 Å². The highest BCUT2D eigenvalue weighted by atomic mass is 14.2. The normalized spacial score (nSPS) is 19.4. The molecule has 0 radical (unpaired) electrons. The van der Waals surface area contributed by atoms with Crippen molar-refractivity contribution in [2.45, 2.75) is 84.5 Å². The fraction of sp³-hybridized carbons (Fsp3) is 1.00. The topological polar surface area (TPSA) is 0 Å². The molecule has 0 saturated heterocycles. The van der Waals surface area contributed by atoms with E-state index in [1.165, 1.54) is 70.6 Å². The number of rotatable bonds is 6. The fourth-order valence-electron chi connectivity index (χ4n) is 2.81. The van der Waals surface area contributed by atoms with Gasteiger partial charge >= 0.3 is 0 Å². The Morgan fingerprint density at radius 3 is 2.13 bits per heavy atom. The summed E-state index contributed by atoms with van der Waals surface area (Å²) in [7, 11) is 0. The van der Waals surface area contributed by atoms with Crippen LogP contribution in [0, 0.1) is 11.8 Å². The highest BCUT2D eigenvalue weighted by molar-refractivity contribution is 4.64. The molecule has 0 atom stereocenters. The van der Waals surface area contributed by atoms with Crippen LogP contribution in [-0.4, -0.2) is 0 Å². The average Bonchev–Trinajstić information content (AvgIpc) is 2.45. The van der Waals surface area contributed by atoms with E-state index in [0.29, 0.717) is 0 Å². The van der Waals surface area contributed by atoms with Crippen molar-refractivity contribution in [3.8, 4) is 0 Å². The van der Waals surface area contributed by atoms with Crippen LogP contribution in [0.2, 0.25) is 0 Å². The van der Waals surface area contributed by atoms with Crippen LogP contribution in [0.4, 0.5) is 0 Å². The second kappa shape index (κ2) is 8.19. The molecule has 0 heterocycles. The van der Waals surface area contributed by atoms with Gasteiger partial charge in [0.25, 0.3) is 0 Å². The molecule has 0 aromatic rings. The maximum atomic E-state index is 2.34. The predicted octanol–water partition coefficient (Wildman–Crippen LogP) is 5.56. The molecule has 0 bridgehead atoms. The van der Waals surface area contributed by atoms with Gasteiger partial charge in [0, 0.05) is 0 Å². The Morgan fingerprint density at radius 2 is 1.53 bits per heavy atom. The molecule has 0 aromatic heterocycles. The molecule has 0 aromatic carbocycles. The van der Waals surface area contributed by atoms with Gasteiger partial charge in [-0.15, -0.1) is 0 Å². The van der Waals surface area contributed by atoms with Crippen molar-refractivity contribution in [1.82, 2.24) is 0 Å². The number of hydrogen-bond donors (Lipinski definition) is 0. The summed E-state index contributed by atoms with van der Waals surface area (Å²) in [5, 5.41) is 0. The third-order valence-corrected chi connectivity index (χ3v) is 3.87. The van der Waals surface area contributed by atoms with E-state index in [-0.39, 0.29) is 0 Å². The quantitative estimate of drug-likeness (QED) is 0.397. The van der Waals surface area contributed by atoms with Gasteiger partial charge in [-0.25, -0.2) is 0 Å². The maximum Gasteiger partial charge on any atom is -0.0414 e. The summed E-state index contributed by atoms with van der Waals surface area (Å²) in [6, 6.07) is 0. The average molecular weight is 210 g/mol. The summed E-state index contributed by atoms with van der Waals surface area (Å²) >= 11 is 0. The highest BCUT2D eigenvalue weighted by Crippen LogP contribution is 2.27. The standard InChI is InChI=1S/C15H30/c1-14(2)10-6-5-9-13-15-11-7-3-4-8-12-15/h14-15H,3-13H2,1-2H3. The van der Waals surface area contributed by atoms with Gasteiger partial charge in [-0.3, -0.25) is 0 Å². The number of unbranched alkanes of at least 4 members (excludes halogenated alkanes) is 2. The van der Waals surface area contributed by atoms with E-state index in [1.54, 1.807) is 0 Å². The van der Waals surface area contributed by atoms with Gasteiger partial charge in [-0.1, -0.05) is 84.5 Å². The van der Waals surface area contributed by atoms with Gasteiger partial charge < -0.3 is 0 Å². The van der Waals surface area contributed by atoms with Crippen LogP contribution in [-0.2, 0) is 0 Å². The first-order valence-corrected chi connectivity index (χ1v) is 7.29. The summed E-state index contributed by atoms with van der Waals surface area (Å²) in [6.07, 6.45) is 16.5. The van der Waals surface area contributed by atoms with E-state index in [4.69, 9.17) is 0 Å². The fourth-order valence-corrected chi connectivity index (χ4v) is 2.81. The zero-order valence-electron chi connectivity index (χ0n) is 10.9. The Balaban J connectivity index is 1.94. The molecule has 15 heavy (non-hydrogen) atoms. The first-order chi connectivity index (χ1) is 7.29. The third-order valence-electron chi connectivity index (χ3n) is 3.87. The van der Waals surface area contributed by atoms with Crippen molar-refractivity contribution in [2.75, 3.05) is 0 Å². The van der Waals surface area contributed by atoms with Crippen LogP contribution in [0.3, 0.4) is 0 Å². The Bertz CT molecular complexity index is 129. The molecular formula is C15H30. The molecule has 0 unspecified atom stereocenters. The van der Waals surface area contributed by atoms with E-state index >= 15 is 0 Å². The molecule has 1 aliphatic carbocycles. The Hall–Kier alpha value is 0. The van der Waals surface area contributed by atoms with Gasteiger partial charge in [-0.05, 0) is 11.8 Å². The van der Waals surface area contributed by atoms with Gasteiger partial charge in [0.05, 0.1) is 0 Å². The van der Waals surface area contributed by atoms with E-state index in [2.05, 4.69) is 13.8 Å². The van der Waals surface area contributed by atoms with Crippen molar-refractivity contribution in [1.29, 1.82) is 0 Å².